The van der Waals surface area contributed by atoms with Crippen molar-refractivity contribution in [2.24, 2.45) is 0 Å². The Morgan fingerprint density at radius 3 is 2.88 bits per heavy atom. The lowest BCUT2D eigenvalue weighted by Gasteiger charge is -2.21. The number of rotatable bonds is 4. The van der Waals surface area contributed by atoms with Gasteiger partial charge in [0.15, 0.2) is 0 Å². The van der Waals surface area contributed by atoms with Gasteiger partial charge in [0, 0.05) is 18.3 Å². The normalized spacial score (nSPS) is 14.4. The van der Waals surface area contributed by atoms with Crippen molar-refractivity contribution in [2.45, 2.75) is 18.9 Å². The second kappa shape index (κ2) is 4.57. The Bertz CT molecular complexity index is 455. The van der Waals surface area contributed by atoms with Gasteiger partial charge in [-0.2, -0.15) is 0 Å². The van der Waals surface area contributed by atoms with E-state index in [2.05, 4.69) is 6.58 Å². The Morgan fingerprint density at radius 1 is 1.59 bits per heavy atom. The van der Waals surface area contributed by atoms with Crippen LogP contribution in [0.4, 0.5) is 10.1 Å². The molecule has 1 aliphatic rings. The van der Waals surface area contributed by atoms with E-state index in [4.69, 9.17) is 5.73 Å². The molecule has 17 heavy (non-hydrogen) atoms. The summed E-state index contributed by atoms with van der Waals surface area (Å²) in [4.78, 5) is 13.9. The first kappa shape index (κ1) is 11.6. The molecule has 1 aliphatic carbocycles. The molecule has 2 N–H and O–H groups in total. The number of halogens is 1. The van der Waals surface area contributed by atoms with Crippen molar-refractivity contribution in [3.05, 3.63) is 42.2 Å². The SMILES string of the molecule is C=CCN(C(=O)c1cc(F)ccc1N)C1CC1. The molecule has 1 amide bonds. The Labute approximate surface area is 99.7 Å². The van der Waals surface area contributed by atoms with E-state index < -0.39 is 5.82 Å². The van der Waals surface area contributed by atoms with Crippen molar-refractivity contribution in [2.75, 3.05) is 12.3 Å². The van der Waals surface area contributed by atoms with Crippen LogP contribution in [0.3, 0.4) is 0 Å². The summed E-state index contributed by atoms with van der Waals surface area (Å²) < 4.78 is 13.1. The van der Waals surface area contributed by atoms with Crippen LogP contribution >= 0.6 is 0 Å². The minimum Gasteiger partial charge on any atom is -0.398 e. The van der Waals surface area contributed by atoms with Gasteiger partial charge in [0.05, 0.1) is 5.56 Å². The van der Waals surface area contributed by atoms with Crippen molar-refractivity contribution in [3.8, 4) is 0 Å². The molecule has 1 fully saturated rings. The molecule has 1 saturated carbocycles. The summed E-state index contributed by atoms with van der Waals surface area (Å²) in [6, 6.07) is 4.11. The fourth-order valence-electron chi connectivity index (χ4n) is 1.79. The molecule has 1 aromatic rings. The molecule has 0 aromatic heterocycles. The predicted octanol–water partition coefficient (Wildman–Crippen LogP) is 2.20. The highest BCUT2D eigenvalue weighted by molar-refractivity contribution is 5.99. The molecule has 2 rings (SSSR count). The van der Waals surface area contributed by atoms with Crippen LogP contribution in [-0.4, -0.2) is 23.4 Å². The van der Waals surface area contributed by atoms with E-state index in [9.17, 15) is 9.18 Å². The molecule has 3 nitrogen and oxygen atoms in total. The van der Waals surface area contributed by atoms with Crippen LogP contribution < -0.4 is 5.73 Å². The average Bonchev–Trinajstić information content (AvgIpc) is 3.12. The van der Waals surface area contributed by atoms with Crippen LogP contribution in [0.5, 0.6) is 0 Å². The summed E-state index contributed by atoms with van der Waals surface area (Å²) in [5.41, 5.74) is 6.25. The highest BCUT2D eigenvalue weighted by Crippen LogP contribution is 2.29. The molecule has 0 heterocycles. The highest BCUT2D eigenvalue weighted by atomic mass is 19.1. The number of nitrogens with two attached hydrogens (primary N) is 1. The largest absolute Gasteiger partial charge is 0.398 e. The maximum absolute atomic E-state index is 13.1. The van der Waals surface area contributed by atoms with Gasteiger partial charge < -0.3 is 10.6 Å². The van der Waals surface area contributed by atoms with E-state index in [1.807, 2.05) is 0 Å². The Hall–Kier alpha value is -1.84. The second-order valence-electron chi connectivity index (χ2n) is 4.21. The minimum absolute atomic E-state index is 0.218. The molecule has 0 spiro atoms. The monoisotopic (exact) mass is 234 g/mol. The summed E-state index contributed by atoms with van der Waals surface area (Å²) in [5.74, 6) is -0.665. The number of nitrogen functional groups attached to an aromatic ring is 1. The van der Waals surface area contributed by atoms with Crippen LogP contribution in [0.15, 0.2) is 30.9 Å². The molecular formula is C13H15FN2O. The van der Waals surface area contributed by atoms with Crippen LogP contribution in [0.2, 0.25) is 0 Å². The third-order valence-electron chi connectivity index (χ3n) is 2.82. The van der Waals surface area contributed by atoms with E-state index in [1.54, 1.807) is 11.0 Å². The quantitative estimate of drug-likeness (QED) is 0.641. The summed E-state index contributed by atoms with van der Waals surface area (Å²) >= 11 is 0. The zero-order valence-electron chi connectivity index (χ0n) is 9.53. The van der Waals surface area contributed by atoms with Gasteiger partial charge in [0.2, 0.25) is 0 Å². The Balaban J connectivity index is 2.27. The van der Waals surface area contributed by atoms with Gasteiger partial charge in [-0.15, -0.1) is 6.58 Å². The number of carbonyl (C=O) groups is 1. The van der Waals surface area contributed by atoms with Crippen molar-refractivity contribution in [3.63, 3.8) is 0 Å². The summed E-state index contributed by atoms with van der Waals surface area (Å²) in [6.45, 7) is 4.10. The molecule has 90 valence electrons. The first-order valence-corrected chi connectivity index (χ1v) is 5.60. The molecule has 0 saturated heterocycles. The number of anilines is 1. The van der Waals surface area contributed by atoms with Crippen LogP contribution in [0.1, 0.15) is 23.2 Å². The molecule has 0 bridgehead atoms. The van der Waals surface area contributed by atoms with Gasteiger partial charge >= 0.3 is 0 Å². The smallest absolute Gasteiger partial charge is 0.256 e. The Kier molecular flexibility index (Phi) is 3.13. The van der Waals surface area contributed by atoms with E-state index in [0.717, 1.165) is 12.8 Å². The minimum atomic E-state index is -0.447. The highest BCUT2D eigenvalue weighted by Gasteiger charge is 2.32. The molecule has 0 atom stereocenters. The summed E-state index contributed by atoms with van der Waals surface area (Å²) in [7, 11) is 0. The van der Waals surface area contributed by atoms with Gasteiger partial charge in [-0.1, -0.05) is 6.08 Å². The number of hydrogen-bond donors (Lipinski definition) is 1. The first-order valence-electron chi connectivity index (χ1n) is 5.60. The lowest BCUT2D eigenvalue weighted by atomic mass is 10.1. The van der Waals surface area contributed by atoms with E-state index in [1.165, 1.54) is 18.2 Å². The number of nitrogens with zero attached hydrogens (tertiary/aromatic N) is 1. The van der Waals surface area contributed by atoms with Crippen LogP contribution in [-0.2, 0) is 0 Å². The maximum Gasteiger partial charge on any atom is 0.256 e. The topological polar surface area (TPSA) is 46.3 Å². The van der Waals surface area contributed by atoms with Crippen molar-refractivity contribution >= 4 is 11.6 Å². The molecule has 0 unspecified atom stereocenters. The second-order valence-corrected chi connectivity index (χ2v) is 4.21. The van der Waals surface area contributed by atoms with Crippen molar-refractivity contribution in [1.82, 2.24) is 4.90 Å². The van der Waals surface area contributed by atoms with Gasteiger partial charge in [0.25, 0.3) is 5.91 Å². The third-order valence-corrected chi connectivity index (χ3v) is 2.82. The van der Waals surface area contributed by atoms with Crippen molar-refractivity contribution in [1.29, 1.82) is 0 Å². The molecule has 1 aromatic carbocycles. The zero-order valence-corrected chi connectivity index (χ0v) is 9.53. The third kappa shape index (κ3) is 2.46. The lowest BCUT2D eigenvalue weighted by molar-refractivity contribution is 0.0763. The van der Waals surface area contributed by atoms with E-state index in [-0.39, 0.29) is 17.5 Å². The standard InChI is InChI=1S/C13H15FN2O/c1-2-7-16(10-4-5-10)13(17)11-8-9(14)3-6-12(11)15/h2-3,6,8,10H,1,4-5,7,15H2. The van der Waals surface area contributed by atoms with E-state index in [0.29, 0.717) is 12.2 Å². The number of benzene rings is 1. The Morgan fingerprint density at radius 2 is 2.29 bits per heavy atom. The molecule has 0 aliphatic heterocycles. The fourth-order valence-corrected chi connectivity index (χ4v) is 1.79. The average molecular weight is 234 g/mol. The van der Waals surface area contributed by atoms with Gasteiger partial charge in [-0.05, 0) is 31.0 Å². The predicted molar refractivity (Wildman–Crippen MR) is 65.1 cm³/mol. The zero-order chi connectivity index (χ0) is 12.4. The number of carbonyl (C=O) groups excluding carboxylic acids is 1. The fraction of sp³-hybridized carbons (Fsp3) is 0.308. The first-order chi connectivity index (χ1) is 8.13. The van der Waals surface area contributed by atoms with Crippen LogP contribution in [0, 0.1) is 5.82 Å². The van der Waals surface area contributed by atoms with Crippen LogP contribution in [0.25, 0.3) is 0 Å². The van der Waals surface area contributed by atoms with Gasteiger partial charge in [-0.25, -0.2) is 4.39 Å². The molecule has 4 heteroatoms. The lowest BCUT2D eigenvalue weighted by Crippen LogP contribution is -2.33. The molecule has 0 radical (unpaired) electrons. The van der Waals surface area contributed by atoms with E-state index >= 15 is 0 Å². The summed E-state index contributed by atoms with van der Waals surface area (Å²) in [5, 5.41) is 0. The summed E-state index contributed by atoms with van der Waals surface area (Å²) in [6.07, 6.45) is 3.66. The van der Waals surface area contributed by atoms with Gasteiger partial charge in [0.1, 0.15) is 5.82 Å². The maximum atomic E-state index is 13.1. The van der Waals surface area contributed by atoms with Gasteiger partial charge in [-0.3, -0.25) is 4.79 Å². The number of hydrogen-bond acceptors (Lipinski definition) is 2. The number of amides is 1. The molecular weight excluding hydrogens is 219 g/mol. The van der Waals surface area contributed by atoms with Crippen molar-refractivity contribution < 1.29 is 9.18 Å².